The van der Waals surface area contributed by atoms with Gasteiger partial charge in [-0.1, -0.05) is 6.07 Å². The number of anilines is 1. The van der Waals surface area contributed by atoms with Gasteiger partial charge in [0.2, 0.25) is 11.7 Å². The van der Waals surface area contributed by atoms with Crippen LogP contribution in [0.2, 0.25) is 0 Å². The summed E-state index contributed by atoms with van der Waals surface area (Å²) in [5, 5.41) is 16.2. The summed E-state index contributed by atoms with van der Waals surface area (Å²) in [4.78, 5) is 22.1. The van der Waals surface area contributed by atoms with Crippen LogP contribution in [0.25, 0.3) is 10.2 Å². The molecule has 0 aliphatic carbocycles. The lowest BCUT2D eigenvalue weighted by Gasteiger charge is -2.23. The zero-order chi connectivity index (χ0) is 15.7. The fraction of sp³-hybridized carbons (Fsp3) is 0.267. The highest BCUT2D eigenvalue weighted by Crippen LogP contribution is 2.27. The van der Waals surface area contributed by atoms with E-state index in [1.54, 1.807) is 6.07 Å². The van der Waals surface area contributed by atoms with Crippen LogP contribution in [0.3, 0.4) is 0 Å². The van der Waals surface area contributed by atoms with E-state index in [0.717, 1.165) is 10.2 Å². The van der Waals surface area contributed by atoms with Gasteiger partial charge in [0, 0.05) is 0 Å². The zero-order valence-electron chi connectivity index (χ0n) is 12.2. The Morgan fingerprint density at radius 1 is 1.27 bits per heavy atom. The first-order valence-electron chi connectivity index (χ1n) is 6.73. The van der Waals surface area contributed by atoms with Crippen molar-refractivity contribution < 1.29 is 9.90 Å². The Hall–Kier alpha value is -1.83. The molecule has 5 nitrogen and oxygen atoms in total. The largest absolute Gasteiger partial charge is 0.394 e. The molecule has 0 bridgehead atoms. The number of hydrogen-bond acceptors (Lipinski definition) is 7. The van der Waals surface area contributed by atoms with E-state index in [1.807, 2.05) is 36.7 Å². The van der Waals surface area contributed by atoms with Gasteiger partial charge in [0.05, 0.1) is 27.2 Å². The highest BCUT2D eigenvalue weighted by Gasteiger charge is 2.22. The van der Waals surface area contributed by atoms with E-state index >= 15 is 0 Å². The third kappa shape index (κ3) is 2.87. The number of rotatable bonds is 5. The zero-order valence-corrected chi connectivity index (χ0v) is 13.8. The number of thiophene rings is 2. The lowest BCUT2D eigenvalue weighted by atomic mass is 10.1. The molecule has 0 saturated carbocycles. The van der Waals surface area contributed by atoms with Crippen LogP contribution in [0.1, 0.15) is 29.2 Å². The maximum atomic E-state index is 12.7. The number of carbonyl (C=O) groups is 1. The van der Waals surface area contributed by atoms with Gasteiger partial charge in [-0.05, 0) is 36.7 Å². The minimum atomic E-state index is -0.563. The van der Waals surface area contributed by atoms with Gasteiger partial charge >= 0.3 is 0 Å². The van der Waals surface area contributed by atoms with E-state index in [2.05, 4.69) is 15.3 Å². The number of aliphatic hydroxyl groups excluding tert-OH is 1. The minimum absolute atomic E-state index is 0.0633. The van der Waals surface area contributed by atoms with Crippen LogP contribution in [-0.2, 0) is 0 Å². The summed E-state index contributed by atoms with van der Waals surface area (Å²) < 4.78 is 0.783. The van der Waals surface area contributed by atoms with Crippen LogP contribution in [0, 0.1) is 0 Å². The molecule has 0 aromatic carbocycles. The maximum absolute atomic E-state index is 12.7. The molecular formula is C15H15N3O2S2. The third-order valence-electron chi connectivity index (χ3n) is 3.11. The van der Waals surface area contributed by atoms with Crippen LogP contribution in [0.15, 0.2) is 29.0 Å². The van der Waals surface area contributed by atoms with Gasteiger partial charge in [0.1, 0.15) is 5.69 Å². The molecule has 0 atom stereocenters. The molecule has 3 aromatic rings. The SMILES string of the molecule is CC(C)(CO)Nc1nc(C(=O)c2cccs2)c2sccc2n1. The fourth-order valence-corrected chi connectivity index (χ4v) is 3.42. The summed E-state index contributed by atoms with van der Waals surface area (Å²) in [5.74, 6) is 0.250. The minimum Gasteiger partial charge on any atom is -0.394 e. The maximum Gasteiger partial charge on any atom is 0.224 e. The molecule has 114 valence electrons. The van der Waals surface area contributed by atoms with Gasteiger partial charge in [-0.25, -0.2) is 9.97 Å². The monoisotopic (exact) mass is 333 g/mol. The number of hydrogen-bond donors (Lipinski definition) is 2. The summed E-state index contributed by atoms with van der Waals surface area (Å²) in [7, 11) is 0. The first-order valence-corrected chi connectivity index (χ1v) is 8.48. The quantitative estimate of drug-likeness (QED) is 0.702. The molecule has 0 spiro atoms. The smallest absolute Gasteiger partial charge is 0.224 e. The number of ketones is 1. The lowest BCUT2D eigenvalue weighted by molar-refractivity contribution is 0.103. The Kier molecular flexibility index (Phi) is 3.94. The molecule has 3 aromatic heterocycles. The van der Waals surface area contributed by atoms with Crippen molar-refractivity contribution in [1.29, 1.82) is 0 Å². The summed E-state index contributed by atoms with van der Waals surface area (Å²) in [6.45, 7) is 3.62. The predicted octanol–water partition coefficient (Wildman–Crippen LogP) is 3.17. The first kappa shape index (κ1) is 15.1. The van der Waals surface area contributed by atoms with Crippen LogP contribution < -0.4 is 5.32 Å². The predicted molar refractivity (Wildman–Crippen MR) is 90.0 cm³/mol. The van der Waals surface area contributed by atoms with E-state index < -0.39 is 5.54 Å². The number of carbonyl (C=O) groups excluding carboxylic acids is 1. The Labute approximate surface area is 135 Å². The highest BCUT2D eigenvalue weighted by atomic mass is 32.1. The van der Waals surface area contributed by atoms with Crippen LogP contribution >= 0.6 is 22.7 Å². The number of aromatic nitrogens is 2. The second-order valence-electron chi connectivity index (χ2n) is 5.50. The number of aliphatic hydroxyl groups is 1. The van der Waals surface area contributed by atoms with Gasteiger partial charge in [-0.2, -0.15) is 0 Å². The Morgan fingerprint density at radius 3 is 2.77 bits per heavy atom. The second-order valence-corrected chi connectivity index (χ2v) is 7.37. The average Bonchev–Trinajstić information content (AvgIpc) is 3.16. The molecule has 0 aliphatic rings. The van der Waals surface area contributed by atoms with Crippen molar-refractivity contribution in [3.05, 3.63) is 39.5 Å². The van der Waals surface area contributed by atoms with Crippen LogP contribution in [-0.4, -0.2) is 33.0 Å². The van der Waals surface area contributed by atoms with Gasteiger partial charge in [0.25, 0.3) is 0 Å². The molecule has 0 amide bonds. The third-order valence-corrected chi connectivity index (χ3v) is 4.89. The highest BCUT2D eigenvalue weighted by molar-refractivity contribution is 7.17. The standard InChI is InChI=1S/C15H15N3O2S2/c1-15(2,8-19)18-14-16-9-5-7-22-13(9)11(17-14)12(20)10-4-3-6-21-10/h3-7,19H,8H2,1-2H3,(H,16,17,18). The second kappa shape index (κ2) is 5.75. The van der Waals surface area contributed by atoms with Gasteiger partial charge in [-0.15, -0.1) is 22.7 Å². The fourth-order valence-electron chi connectivity index (χ4n) is 1.94. The Balaban J connectivity index is 2.08. The molecule has 22 heavy (non-hydrogen) atoms. The van der Waals surface area contributed by atoms with Crippen molar-refractivity contribution in [2.45, 2.75) is 19.4 Å². The van der Waals surface area contributed by atoms with Gasteiger partial charge in [-0.3, -0.25) is 4.79 Å². The van der Waals surface area contributed by atoms with E-state index in [1.165, 1.54) is 22.7 Å². The van der Waals surface area contributed by atoms with E-state index in [0.29, 0.717) is 16.5 Å². The Bertz CT molecular complexity index is 809. The van der Waals surface area contributed by atoms with Crippen molar-refractivity contribution in [2.24, 2.45) is 0 Å². The summed E-state index contributed by atoms with van der Waals surface area (Å²) in [6.07, 6.45) is 0. The molecular weight excluding hydrogens is 318 g/mol. The molecule has 7 heteroatoms. The molecule has 0 fully saturated rings. The van der Waals surface area contributed by atoms with E-state index in [4.69, 9.17) is 0 Å². The van der Waals surface area contributed by atoms with Crippen LogP contribution in [0.5, 0.6) is 0 Å². The van der Waals surface area contributed by atoms with Crippen molar-refractivity contribution in [3.8, 4) is 0 Å². The average molecular weight is 333 g/mol. The first-order chi connectivity index (χ1) is 10.5. The molecule has 0 aliphatic heterocycles. The van der Waals surface area contributed by atoms with Crippen LogP contribution in [0.4, 0.5) is 5.95 Å². The summed E-state index contributed by atoms with van der Waals surface area (Å²) >= 11 is 2.85. The van der Waals surface area contributed by atoms with E-state index in [-0.39, 0.29) is 12.4 Å². The molecule has 0 unspecified atom stereocenters. The molecule has 2 N–H and O–H groups in total. The van der Waals surface area contributed by atoms with E-state index in [9.17, 15) is 9.90 Å². The van der Waals surface area contributed by atoms with Crippen molar-refractivity contribution in [2.75, 3.05) is 11.9 Å². The number of nitrogens with zero attached hydrogens (tertiary/aromatic N) is 2. The summed E-state index contributed by atoms with van der Waals surface area (Å²) in [5.41, 5.74) is 0.572. The van der Waals surface area contributed by atoms with Crippen molar-refractivity contribution >= 4 is 44.6 Å². The molecule has 0 radical (unpaired) electrons. The molecule has 0 saturated heterocycles. The number of nitrogens with one attached hydrogen (secondary N) is 1. The summed E-state index contributed by atoms with van der Waals surface area (Å²) in [6, 6.07) is 5.50. The van der Waals surface area contributed by atoms with Crippen molar-refractivity contribution in [1.82, 2.24) is 9.97 Å². The Morgan fingerprint density at radius 2 is 2.09 bits per heavy atom. The van der Waals surface area contributed by atoms with Gasteiger partial charge < -0.3 is 10.4 Å². The van der Waals surface area contributed by atoms with Crippen molar-refractivity contribution in [3.63, 3.8) is 0 Å². The molecule has 3 rings (SSSR count). The van der Waals surface area contributed by atoms with Gasteiger partial charge in [0.15, 0.2) is 0 Å². The normalized spacial score (nSPS) is 11.8. The molecule has 3 heterocycles. The number of fused-ring (bicyclic) bond motifs is 1. The lowest BCUT2D eigenvalue weighted by Crippen LogP contribution is -2.35. The topological polar surface area (TPSA) is 75.1 Å².